The van der Waals surface area contributed by atoms with E-state index in [1.165, 1.54) is 19.2 Å². The number of nitrogens with zero attached hydrogens (tertiary/aromatic N) is 2. The second kappa shape index (κ2) is 8.61. The molecular formula is C20H24ClN3O3S. The average molecular weight is 422 g/mol. The van der Waals surface area contributed by atoms with Crippen molar-refractivity contribution in [1.29, 1.82) is 0 Å². The van der Waals surface area contributed by atoms with Crippen LogP contribution in [0.4, 0.5) is 0 Å². The van der Waals surface area contributed by atoms with Crippen LogP contribution >= 0.6 is 11.6 Å². The van der Waals surface area contributed by atoms with Crippen LogP contribution in [0.15, 0.2) is 53.4 Å². The first-order valence-electron chi connectivity index (χ1n) is 9.15. The number of nitrogens with one attached hydrogen (secondary N) is 1. The molecule has 1 N–H and O–H groups in total. The van der Waals surface area contributed by atoms with Crippen LogP contribution in [-0.4, -0.2) is 57.4 Å². The lowest BCUT2D eigenvalue weighted by molar-refractivity contribution is 0.0582. The lowest BCUT2D eigenvalue weighted by atomic mass is 10.1. The van der Waals surface area contributed by atoms with Gasteiger partial charge >= 0.3 is 0 Å². The maximum atomic E-state index is 12.8. The summed E-state index contributed by atoms with van der Waals surface area (Å²) in [7, 11) is -2.15. The molecule has 0 radical (unpaired) electrons. The van der Waals surface area contributed by atoms with Crippen molar-refractivity contribution in [3.05, 3.63) is 64.7 Å². The first kappa shape index (κ1) is 20.8. The highest BCUT2D eigenvalue weighted by Crippen LogP contribution is 2.28. The van der Waals surface area contributed by atoms with Gasteiger partial charge in [0.1, 0.15) is 0 Å². The van der Waals surface area contributed by atoms with Gasteiger partial charge in [-0.15, -0.1) is 0 Å². The van der Waals surface area contributed by atoms with Gasteiger partial charge in [-0.1, -0.05) is 29.8 Å². The van der Waals surface area contributed by atoms with Crippen molar-refractivity contribution in [3.8, 4) is 0 Å². The Morgan fingerprint density at radius 2 is 1.64 bits per heavy atom. The lowest BCUT2D eigenvalue weighted by Crippen LogP contribution is -2.49. The molecule has 0 aliphatic carbocycles. The van der Waals surface area contributed by atoms with Crippen molar-refractivity contribution >= 4 is 27.5 Å². The quantitative estimate of drug-likeness (QED) is 0.805. The predicted molar refractivity (Wildman–Crippen MR) is 110 cm³/mol. The summed E-state index contributed by atoms with van der Waals surface area (Å²) in [5, 5.41) is 0.755. The molecule has 2 aromatic carbocycles. The summed E-state index contributed by atoms with van der Waals surface area (Å²) in [6.07, 6.45) is 0. The van der Waals surface area contributed by atoms with E-state index in [1.54, 1.807) is 17.0 Å². The van der Waals surface area contributed by atoms with E-state index in [0.29, 0.717) is 18.7 Å². The molecule has 0 aromatic heterocycles. The molecule has 1 aliphatic rings. The minimum atomic E-state index is -3.50. The number of hydrogen-bond acceptors (Lipinski definition) is 4. The summed E-state index contributed by atoms with van der Waals surface area (Å²) in [6.45, 7) is 4.86. The molecule has 0 saturated carbocycles. The molecule has 150 valence electrons. The molecule has 8 heteroatoms. The summed E-state index contributed by atoms with van der Waals surface area (Å²) in [5.41, 5.74) is 1.58. The minimum Gasteiger partial charge on any atom is -0.336 e. The van der Waals surface area contributed by atoms with Crippen LogP contribution in [0.5, 0.6) is 0 Å². The number of piperazine rings is 1. The van der Waals surface area contributed by atoms with Gasteiger partial charge in [0.05, 0.1) is 4.90 Å². The Morgan fingerprint density at radius 1 is 1.04 bits per heavy atom. The Kier molecular flexibility index (Phi) is 6.40. The van der Waals surface area contributed by atoms with Crippen LogP contribution in [0, 0.1) is 0 Å². The van der Waals surface area contributed by atoms with Gasteiger partial charge in [0.15, 0.2) is 0 Å². The van der Waals surface area contributed by atoms with E-state index in [1.807, 2.05) is 24.3 Å². The molecule has 1 amide bonds. The average Bonchev–Trinajstić information content (AvgIpc) is 2.73. The Bertz CT molecular complexity index is 939. The topological polar surface area (TPSA) is 69.7 Å². The molecule has 0 spiro atoms. The zero-order valence-corrected chi connectivity index (χ0v) is 17.5. The molecule has 1 heterocycles. The van der Waals surface area contributed by atoms with Crippen molar-refractivity contribution in [2.24, 2.45) is 0 Å². The minimum absolute atomic E-state index is 0.0848. The fourth-order valence-electron chi connectivity index (χ4n) is 3.40. The predicted octanol–water partition coefficient (Wildman–Crippen LogP) is 2.77. The number of sulfonamides is 1. The second-order valence-electron chi connectivity index (χ2n) is 6.76. The zero-order valence-electron chi connectivity index (χ0n) is 15.9. The highest BCUT2D eigenvalue weighted by molar-refractivity contribution is 7.89. The SMILES string of the molecule is CNS(=O)(=O)c1ccc(C(=O)N2CCN(C(C)c3ccccc3Cl)CC2)cc1. The molecule has 1 saturated heterocycles. The molecule has 1 unspecified atom stereocenters. The maximum Gasteiger partial charge on any atom is 0.253 e. The van der Waals surface area contributed by atoms with Gasteiger partial charge in [0, 0.05) is 42.8 Å². The van der Waals surface area contributed by atoms with Gasteiger partial charge in [0.2, 0.25) is 10.0 Å². The Balaban J connectivity index is 1.63. The van der Waals surface area contributed by atoms with E-state index in [4.69, 9.17) is 11.6 Å². The number of halogens is 1. The number of carbonyl (C=O) groups is 1. The Labute approximate surface area is 171 Å². The van der Waals surface area contributed by atoms with Crippen molar-refractivity contribution < 1.29 is 13.2 Å². The number of rotatable bonds is 5. The molecule has 2 aromatic rings. The smallest absolute Gasteiger partial charge is 0.253 e. The number of hydrogen-bond donors (Lipinski definition) is 1. The third kappa shape index (κ3) is 4.38. The number of carbonyl (C=O) groups excluding carboxylic acids is 1. The van der Waals surface area contributed by atoms with Gasteiger partial charge < -0.3 is 4.90 Å². The van der Waals surface area contributed by atoms with Crippen molar-refractivity contribution in [1.82, 2.24) is 14.5 Å². The fourth-order valence-corrected chi connectivity index (χ4v) is 4.42. The van der Waals surface area contributed by atoms with Crippen LogP contribution in [0.1, 0.15) is 28.9 Å². The summed E-state index contributed by atoms with van der Waals surface area (Å²) in [4.78, 5) is 17.0. The largest absolute Gasteiger partial charge is 0.336 e. The van der Waals surface area contributed by atoms with E-state index in [2.05, 4.69) is 16.5 Å². The molecule has 3 rings (SSSR count). The van der Waals surface area contributed by atoms with Crippen LogP contribution in [0.3, 0.4) is 0 Å². The van der Waals surface area contributed by atoms with Gasteiger partial charge in [-0.25, -0.2) is 13.1 Å². The van der Waals surface area contributed by atoms with Crippen molar-refractivity contribution in [2.75, 3.05) is 33.2 Å². The maximum absolute atomic E-state index is 12.8. The van der Waals surface area contributed by atoms with Crippen LogP contribution < -0.4 is 4.72 Å². The number of amides is 1. The first-order chi connectivity index (χ1) is 13.3. The van der Waals surface area contributed by atoms with Crippen LogP contribution in [0.2, 0.25) is 5.02 Å². The van der Waals surface area contributed by atoms with E-state index in [9.17, 15) is 13.2 Å². The Hall–Kier alpha value is -1.93. The van der Waals surface area contributed by atoms with Gasteiger partial charge in [-0.05, 0) is 49.9 Å². The summed E-state index contributed by atoms with van der Waals surface area (Å²) in [5.74, 6) is -0.0848. The standard InChI is InChI=1S/C20H24ClN3O3S/c1-15(18-5-3-4-6-19(18)21)23-11-13-24(14-12-23)20(25)16-7-9-17(10-8-16)28(26,27)22-2/h3-10,15,22H,11-14H2,1-2H3. The molecule has 1 fully saturated rings. The number of benzene rings is 2. The third-order valence-electron chi connectivity index (χ3n) is 5.18. The summed E-state index contributed by atoms with van der Waals surface area (Å²) < 4.78 is 25.9. The lowest BCUT2D eigenvalue weighted by Gasteiger charge is -2.38. The van der Waals surface area contributed by atoms with Crippen molar-refractivity contribution in [2.45, 2.75) is 17.9 Å². The van der Waals surface area contributed by atoms with E-state index < -0.39 is 10.0 Å². The highest BCUT2D eigenvalue weighted by atomic mass is 35.5. The molecular weight excluding hydrogens is 398 g/mol. The van der Waals surface area contributed by atoms with E-state index in [-0.39, 0.29) is 16.8 Å². The zero-order chi connectivity index (χ0) is 20.3. The summed E-state index contributed by atoms with van der Waals surface area (Å²) >= 11 is 6.31. The third-order valence-corrected chi connectivity index (χ3v) is 6.96. The van der Waals surface area contributed by atoms with Crippen LogP contribution in [-0.2, 0) is 10.0 Å². The van der Waals surface area contributed by atoms with Crippen LogP contribution in [0.25, 0.3) is 0 Å². The monoisotopic (exact) mass is 421 g/mol. The van der Waals surface area contributed by atoms with E-state index >= 15 is 0 Å². The normalized spacial score (nSPS) is 16.8. The highest BCUT2D eigenvalue weighted by Gasteiger charge is 2.26. The fraction of sp³-hybridized carbons (Fsp3) is 0.350. The van der Waals surface area contributed by atoms with Gasteiger partial charge in [-0.3, -0.25) is 9.69 Å². The van der Waals surface area contributed by atoms with Gasteiger partial charge in [0.25, 0.3) is 5.91 Å². The molecule has 1 atom stereocenters. The van der Waals surface area contributed by atoms with Crippen molar-refractivity contribution in [3.63, 3.8) is 0 Å². The molecule has 1 aliphatic heterocycles. The molecule has 28 heavy (non-hydrogen) atoms. The molecule has 6 nitrogen and oxygen atoms in total. The van der Waals surface area contributed by atoms with E-state index in [0.717, 1.165) is 23.7 Å². The Morgan fingerprint density at radius 3 is 2.21 bits per heavy atom. The first-order valence-corrected chi connectivity index (χ1v) is 11.0. The van der Waals surface area contributed by atoms with Gasteiger partial charge in [-0.2, -0.15) is 0 Å². The molecule has 0 bridgehead atoms. The second-order valence-corrected chi connectivity index (χ2v) is 9.05. The summed E-state index contributed by atoms with van der Waals surface area (Å²) in [6, 6.07) is 14.0.